The second-order valence-electron chi connectivity index (χ2n) is 6.19. The highest BCUT2D eigenvalue weighted by atomic mass is 35.5. The number of amides is 1. The highest BCUT2D eigenvalue weighted by Gasteiger charge is 2.12. The summed E-state index contributed by atoms with van der Waals surface area (Å²) in [6, 6.07) is 5.13. The van der Waals surface area contributed by atoms with Crippen LogP contribution in [0.1, 0.15) is 16.8 Å². The summed E-state index contributed by atoms with van der Waals surface area (Å²) in [6.07, 6.45) is 4.04. The largest absolute Gasteiger partial charge is 0.495 e. The minimum absolute atomic E-state index is 0.162. The molecule has 0 saturated heterocycles. The van der Waals surface area contributed by atoms with E-state index in [2.05, 4.69) is 20.5 Å². The molecule has 0 saturated carbocycles. The third kappa shape index (κ3) is 6.01. The van der Waals surface area contributed by atoms with E-state index < -0.39 is 0 Å². The van der Waals surface area contributed by atoms with E-state index in [-0.39, 0.29) is 5.91 Å². The van der Waals surface area contributed by atoms with Gasteiger partial charge in [-0.05, 0) is 33.1 Å². The van der Waals surface area contributed by atoms with Gasteiger partial charge in [0.25, 0.3) is 5.91 Å². The van der Waals surface area contributed by atoms with Crippen molar-refractivity contribution in [3.8, 4) is 11.5 Å². The lowest BCUT2D eigenvalue weighted by molar-refractivity contribution is 0.0952. The van der Waals surface area contributed by atoms with Crippen LogP contribution in [-0.4, -0.2) is 57.2 Å². The van der Waals surface area contributed by atoms with Gasteiger partial charge in [-0.25, -0.2) is 0 Å². The molecular weight excluding hydrogens is 368 g/mol. The number of aromatic nitrogens is 1. The average Bonchev–Trinajstić information content (AvgIpc) is 2.66. The van der Waals surface area contributed by atoms with E-state index >= 15 is 0 Å². The van der Waals surface area contributed by atoms with Crippen LogP contribution in [0.25, 0.3) is 0 Å². The maximum Gasteiger partial charge on any atom is 0.252 e. The van der Waals surface area contributed by atoms with Gasteiger partial charge >= 0.3 is 0 Å². The van der Waals surface area contributed by atoms with Gasteiger partial charge in [-0.1, -0.05) is 11.6 Å². The Labute approximate surface area is 164 Å². The first-order valence-corrected chi connectivity index (χ1v) is 8.89. The van der Waals surface area contributed by atoms with Crippen LogP contribution in [0.2, 0.25) is 5.02 Å². The van der Waals surface area contributed by atoms with Crippen LogP contribution in [-0.2, 0) is 0 Å². The van der Waals surface area contributed by atoms with Crippen molar-refractivity contribution in [1.29, 1.82) is 0 Å². The maximum atomic E-state index is 12.3. The SMILES string of the molecule is COc1cc(Nc2cncc(C(=O)NCCCN(C)C)c2)c(OC)cc1Cl. The minimum Gasteiger partial charge on any atom is -0.495 e. The van der Waals surface area contributed by atoms with Crippen LogP contribution in [0, 0.1) is 0 Å². The highest BCUT2D eigenvalue weighted by Crippen LogP contribution is 2.37. The standard InChI is InChI=1S/C19H25ClN4O3/c1-24(2)7-5-6-22-19(25)13-8-14(12-21-11-13)23-16-10-17(26-3)15(20)9-18(16)27-4/h8-12,23H,5-7H2,1-4H3,(H,22,25). The van der Waals surface area contributed by atoms with E-state index in [1.807, 2.05) is 14.1 Å². The lowest BCUT2D eigenvalue weighted by atomic mass is 10.2. The number of halogens is 1. The fraction of sp³-hybridized carbons (Fsp3) is 0.368. The van der Waals surface area contributed by atoms with Gasteiger partial charge in [0.2, 0.25) is 0 Å². The number of anilines is 2. The molecule has 0 atom stereocenters. The molecule has 0 aliphatic rings. The normalized spacial score (nSPS) is 10.6. The number of carbonyl (C=O) groups is 1. The zero-order chi connectivity index (χ0) is 19.8. The van der Waals surface area contributed by atoms with E-state index in [4.69, 9.17) is 21.1 Å². The van der Waals surface area contributed by atoms with Gasteiger partial charge in [-0.15, -0.1) is 0 Å². The van der Waals surface area contributed by atoms with Crippen molar-refractivity contribution in [2.45, 2.75) is 6.42 Å². The van der Waals surface area contributed by atoms with Gasteiger partial charge in [0, 0.05) is 24.9 Å². The zero-order valence-electron chi connectivity index (χ0n) is 16.0. The first kappa shape index (κ1) is 20.8. The maximum absolute atomic E-state index is 12.3. The molecule has 1 aromatic carbocycles. The Morgan fingerprint density at radius 3 is 2.56 bits per heavy atom. The van der Waals surface area contributed by atoms with E-state index in [0.29, 0.717) is 40.0 Å². The van der Waals surface area contributed by atoms with E-state index in [1.165, 1.54) is 6.20 Å². The predicted octanol–water partition coefficient (Wildman–Crippen LogP) is 3.18. The summed E-state index contributed by atoms with van der Waals surface area (Å²) in [6.45, 7) is 1.52. The second kappa shape index (κ2) is 9.99. The number of pyridine rings is 1. The summed E-state index contributed by atoms with van der Waals surface area (Å²) in [7, 11) is 7.10. The molecule has 0 fully saturated rings. The fourth-order valence-electron chi connectivity index (χ4n) is 2.45. The number of ether oxygens (including phenoxy) is 2. The van der Waals surface area contributed by atoms with Crippen LogP contribution in [0.5, 0.6) is 11.5 Å². The van der Waals surface area contributed by atoms with Crippen LogP contribution in [0.4, 0.5) is 11.4 Å². The number of hydrogen-bond donors (Lipinski definition) is 2. The number of hydrogen-bond acceptors (Lipinski definition) is 6. The fourth-order valence-corrected chi connectivity index (χ4v) is 2.68. The molecule has 27 heavy (non-hydrogen) atoms. The summed E-state index contributed by atoms with van der Waals surface area (Å²) in [5, 5.41) is 6.54. The van der Waals surface area contributed by atoms with Crippen LogP contribution in [0.3, 0.4) is 0 Å². The summed E-state index contributed by atoms with van der Waals surface area (Å²) in [5.41, 5.74) is 1.78. The van der Waals surface area contributed by atoms with Gasteiger partial charge in [0.15, 0.2) is 0 Å². The Bertz CT molecular complexity index is 784. The molecule has 2 N–H and O–H groups in total. The van der Waals surface area contributed by atoms with Crippen molar-refractivity contribution in [3.05, 3.63) is 41.2 Å². The van der Waals surface area contributed by atoms with Gasteiger partial charge in [-0.3, -0.25) is 9.78 Å². The predicted molar refractivity (Wildman–Crippen MR) is 108 cm³/mol. The first-order chi connectivity index (χ1) is 12.9. The van der Waals surface area contributed by atoms with E-state index in [0.717, 1.165) is 13.0 Å². The molecule has 2 rings (SSSR count). The van der Waals surface area contributed by atoms with E-state index in [9.17, 15) is 4.79 Å². The zero-order valence-corrected chi connectivity index (χ0v) is 16.8. The molecule has 2 aromatic rings. The van der Waals surface area contributed by atoms with Gasteiger partial charge in [0.1, 0.15) is 11.5 Å². The third-order valence-electron chi connectivity index (χ3n) is 3.82. The summed E-state index contributed by atoms with van der Waals surface area (Å²) < 4.78 is 10.6. The van der Waals surface area contributed by atoms with Crippen LogP contribution >= 0.6 is 11.6 Å². The average molecular weight is 393 g/mol. The Hall–Kier alpha value is -2.51. The molecule has 0 aliphatic carbocycles. The van der Waals surface area contributed by atoms with Crippen molar-refractivity contribution >= 4 is 28.9 Å². The molecule has 1 amide bonds. The third-order valence-corrected chi connectivity index (χ3v) is 4.12. The van der Waals surface area contributed by atoms with Crippen LogP contribution in [0.15, 0.2) is 30.6 Å². The molecule has 0 radical (unpaired) electrons. The molecule has 7 nitrogen and oxygen atoms in total. The first-order valence-electron chi connectivity index (χ1n) is 8.51. The number of carbonyl (C=O) groups excluding carboxylic acids is 1. The van der Waals surface area contributed by atoms with Crippen molar-refractivity contribution < 1.29 is 14.3 Å². The topological polar surface area (TPSA) is 75.7 Å². The van der Waals surface area contributed by atoms with Crippen molar-refractivity contribution in [2.75, 3.05) is 46.7 Å². The number of nitrogens with zero attached hydrogens (tertiary/aromatic N) is 2. The molecule has 8 heteroatoms. The number of nitrogens with one attached hydrogen (secondary N) is 2. The van der Waals surface area contributed by atoms with Crippen LogP contribution < -0.4 is 20.1 Å². The van der Waals surface area contributed by atoms with E-state index in [1.54, 1.807) is 38.6 Å². The van der Waals surface area contributed by atoms with Crippen molar-refractivity contribution in [3.63, 3.8) is 0 Å². The van der Waals surface area contributed by atoms with Crippen molar-refractivity contribution in [2.24, 2.45) is 0 Å². The highest BCUT2D eigenvalue weighted by molar-refractivity contribution is 6.32. The molecule has 0 spiro atoms. The Morgan fingerprint density at radius 2 is 1.89 bits per heavy atom. The summed E-state index contributed by atoms with van der Waals surface area (Å²) >= 11 is 6.13. The minimum atomic E-state index is -0.162. The molecule has 0 bridgehead atoms. The molecule has 0 aliphatic heterocycles. The van der Waals surface area contributed by atoms with Gasteiger partial charge in [-0.2, -0.15) is 0 Å². The summed E-state index contributed by atoms with van der Waals surface area (Å²) in [4.78, 5) is 18.5. The second-order valence-corrected chi connectivity index (χ2v) is 6.59. The molecule has 1 heterocycles. The number of benzene rings is 1. The molecular formula is C19H25ClN4O3. The quantitative estimate of drug-likeness (QED) is 0.638. The molecule has 146 valence electrons. The lowest BCUT2D eigenvalue weighted by Gasteiger charge is -2.14. The monoisotopic (exact) mass is 392 g/mol. The number of rotatable bonds is 9. The van der Waals surface area contributed by atoms with Gasteiger partial charge in [0.05, 0.1) is 42.4 Å². The lowest BCUT2D eigenvalue weighted by Crippen LogP contribution is -2.27. The van der Waals surface area contributed by atoms with Crippen molar-refractivity contribution in [1.82, 2.24) is 15.2 Å². The Morgan fingerprint density at radius 1 is 1.15 bits per heavy atom. The molecule has 0 unspecified atom stereocenters. The number of methoxy groups -OCH3 is 2. The smallest absolute Gasteiger partial charge is 0.252 e. The molecule has 1 aromatic heterocycles. The Balaban J connectivity index is 2.10. The summed E-state index contributed by atoms with van der Waals surface area (Å²) in [5.74, 6) is 0.910. The van der Waals surface area contributed by atoms with Gasteiger partial charge < -0.3 is 25.0 Å². The Kier molecular flexibility index (Phi) is 7.69.